The zero-order valence-corrected chi connectivity index (χ0v) is 23.5. The molecule has 0 saturated carbocycles. The summed E-state index contributed by atoms with van der Waals surface area (Å²) in [5, 5.41) is 2.01. The molecule has 2 aromatic heterocycles. The fourth-order valence-electron chi connectivity index (χ4n) is 5.58. The zero-order chi connectivity index (χ0) is 33.6. The third-order valence-electron chi connectivity index (χ3n) is 7.66. The van der Waals surface area contributed by atoms with E-state index in [0.717, 1.165) is 44.2 Å². The molecular formula is C40H27N3O. The van der Waals surface area contributed by atoms with Crippen molar-refractivity contribution in [2.45, 2.75) is 6.42 Å². The number of benzene rings is 6. The molecule has 0 spiro atoms. The Kier molecular flexibility index (Phi) is 5.27. The van der Waals surface area contributed by atoms with Crippen LogP contribution in [0.5, 0.6) is 0 Å². The lowest BCUT2D eigenvalue weighted by Gasteiger charge is -2.10. The fourth-order valence-corrected chi connectivity index (χ4v) is 5.58. The van der Waals surface area contributed by atoms with Gasteiger partial charge in [-0.3, -0.25) is 0 Å². The average molecular weight is 571 g/mol. The van der Waals surface area contributed by atoms with Gasteiger partial charge in [0.15, 0.2) is 11.6 Å². The molecule has 0 aliphatic heterocycles. The fraction of sp³-hybridized carbons (Fsp3) is 0.0250. The van der Waals surface area contributed by atoms with Crippen LogP contribution in [0.2, 0.25) is 0 Å². The summed E-state index contributed by atoms with van der Waals surface area (Å²) in [4.78, 5) is 14.7. The SMILES string of the molecule is [2H]c1c([2H])c([2H])c(-c2cccc(-c3nc(Cc4cccc5oc6ccc(-c7ccccc7)cc6c45)nc(-c4ccccc4)n3)c2)c([2H])c1[2H]. The number of hydrogen-bond acceptors (Lipinski definition) is 4. The monoisotopic (exact) mass is 570 g/mol. The summed E-state index contributed by atoms with van der Waals surface area (Å²) in [5.41, 5.74) is 6.86. The van der Waals surface area contributed by atoms with Crippen LogP contribution >= 0.6 is 0 Å². The third kappa shape index (κ3) is 4.93. The molecule has 0 N–H and O–H groups in total. The summed E-state index contributed by atoms with van der Waals surface area (Å²) in [6, 6.07) is 37.6. The minimum Gasteiger partial charge on any atom is -0.456 e. The van der Waals surface area contributed by atoms with Crippen LogP contribution in [0.4, 0.5) is 0 Å². The molecule has 208 valence electrons. The molecule has 0 aliphatic carbocycles. The molecule has 44 heavy (non-hydrogen) atoms. The summed E-state index contributed by atoms with van der Waals surface area (Å²) < 4.78 is 47.6. The van der Waals surface area contributed by atoms with Gasteiger partial charge in [0.1, 0.15) is 17.0 Å². The molecule has 0 bridgehead atoms. The van der Waals surface area contributed by atoms with E-state index in [1.807, 2.05) is 72.8 Å². The largest absolute Gasteiger partial charge is 0.456 e. The average Bonchev–Trinajstić information content (AvgIpc) is 3.53. The second-order valence-electron chi connectivity index (χ2n) is 10.5. The van der Waals surface area contributed by atoms with Crippen LogP contribution in [0, 0.1) is 0 Å². The first kappa shape index (κ1) is 20.9. The number of nitrogens with zero attached hydrogens (tertiary/aromatic N) is 3. The Morgan fingerprint density at radius 3 is 1.95 bits per heavy atom. The molecule has 0 unspecified atom stereocenters. The van der Waals surface area contributed by atoms with E-state index in [2.05, 4.69) is 30.3 Å². The molecule has 0 atom stereocenters. The van der Waals surface area contributed by atoms with E-state index < -0.39 is 6.04 Å². The second kappa shape index (κ2) is 11.1. The Morgan fingerprint density at radius 2 is 1.16 bits per heavy atom. The summed E-state index contributed by atoms with van der Waals surface area (Å²) >= 11 is 0. The topological polar surface area (TPSA) is 51.8 Å². The van der Waals surface area contributed by atoms with Crippen LogP contribution in [-0.2, 0) is 6.42 Å². The maximum atomic E-state index is 8.50. The normalized spacial score (nSPS) is 12.9. The van der Waals surface area contributed by atoms with Crippen molar-refractivity contribution in [3.05, 3.63) is 163 Å². The molecular weight excluding hydrogens is 538 g/mol. The van der Waals surface area contributed by atoms with Crippen LogP contribution in [0.3, 0.4) is 0 Å². The van der Waals surface area contributed by atoms with Crippen LogP contribution < -0.4 is 0 Å². The summed E-state index contributed by atoms with van der Waals surface area (Å²) in [6.45, 7) is 0. The van der Waals surface area contributed by atoms with Crippen LogP contribution in [-0.4, -0.2) is 15.0 Å². The summed E-state index contributed by atoms with van der Waals surface area (Å²) in [5.74, 6) is 1.47. The summed E-state index contributed by atoms with van der Waals surface area (Å²) in [6.07, 6.45) is 0.402. The Morgan fingerprint density at radius 1 is 0.500 bits per heavy atom. The van der Waals surface area contributed by atoms with Gasteiger partial charge in [-0.25, -0.2) is 15.0 Å². The minimum absolute atomic E-state index is 0.124. The van der Waals surface area contributed by atoms with Crippen LogP contribution in [0.15, 0.2) is 156 Å². The van der Waals surface area contributed by atoms with Gasteiger partial charge in [-0.05, 0) is 52.1 Å². The highest BCUT2D eigenvalue weighted by atomic mass is 16.3. The molecule has 0 saturated heterocycles. The number of aromatic nitrogens is 3. The Bertz CT molecular complexity index is 2510. The maximum Gasteiger partial charge on any atom is 0.163 e. The van der Waals surface area contributed by atoms with Crippen molar-refractivity contribution in [2.75, 3.05) is 0 Å². The van der Waals surface area contributed by atoms with Gasteiger partial charge < -0.3 is 4.42 Å². The van der Waals surface area contributed by atoms with E-state index in [0.29, 0.717) is 35.0 Å². The number of rotatable bonds is 6. The number of furan rings is 1. The Hall–Kier alpha value is -5.87. The van der Waals surface area contributed by atoms with Crippen LogP contribution in [0.1, 0.15) is 18.2 Å². The quantitative estimate of drug-likeness (QED) is 0.200. The van der Waals surface area contributed by atoms with Crippen molar-refractivity contribution in [3.8, 4) is 45.0 Å². The molecule has 8 aromatic rings. The molecule has 4 nitrogen and oxygen atoms in total. The van der Waals surface area contributed by atoms with E-state index in [1.54, 1.807) is 18.2 Å². The molecule has 0 aliphatic rings. The van der Waals surface area contributed by atoms with E-state index in [1.165, 1.54) is 0 Å². The standard InChI is InChI=1S/C40H27N3O/c1-4-12-27(13-5-1)30-18-10-20-33(24-30)40-42-37(41-39(43-40)29-16-8-3-9-17-29)26-32-19-11-21-36-38(32)34-25-31(22-23-35(34)44-36)28-14-6-2-7-15-28/h1-25H,26H2/i1D,4D,5D,12D,13D. The molecule has 0 amide bonds. The van der Waals surface area contributed by atoms with Gasteiger partial charge in [0.25, 0.3) is 0 Å². The highest BCUT2D eigenvalue weighted by Gasteiger charge is 2.16. The smallest absolute Gasteiger partial charge is 0.163 e. The van der Waals surface area contributed by atoms with Crippen molar-refractivity contribution in [3.63, 3.8) is 0 Å². The van der Waals surface area contributed by atoms with Gasteiger partial charge >= 0.3 is 0 Å². The zero-order valence-electron chi connectivity index (χ0n) is 28.5. The molecule has 4 heteroatoms. The van der Waals surface area contributed by atoms with Crippen molar-refractivity contribution in [1.82, 2.24) is 15.0 Å². The molecule has 2 heterocycles. The molecule has 8 rings (SSSR count). The van der Waals surface area contributed by atoms with Crippen molar-refractivity contribution in [1.29, 1.82) is 0 Å². The van der Waals surface area contributed by atoms with Crippen molar-refractivity contribution in [2.24, 2.45) is 0 Å². The summed E-state index contributed by atoms with van der Waals surface area (Å²) in [7, 11) is 0. The maximum absolute atomic E-state index is 8.50. The van der Waals surface area contributed by atoms with Crippen LogP contribution in [0.25, 0.3) is 67.0 Å². The van der Waals surface area contributed by atoms with E-state index in [-0.39, 0.29) is 29.7 Å². The van der Waals surface area contributed by atoms with E-state index in [4.69, 9.17) is 26.2 Å². The lowest BCUT2D eigenvalue weighted by atomic mass is 9.99. The number of hydrogen-bond donors (Lipinski definition) is 0. The highest BCUT2D eigenvalue weighted by Crippen LogP contribution is 2.35. The first-order chi connectivity index (χ1) is 23.9. The van der Waals surface area contributed by atoms with Gasteiger partial charge in [-0.2, -0.15) is 0 Å². The lowest BCUT2D eigenvalue weighted by Crippen LogP contribution is -2.04. The first-order valence-corrected chi connectivity index (χ1v) is 14.3. The molecule has 0 fully saturated rings. The predicted molar refractivity (Wildman–Crippen MR) is 178 cm³/mol. The van der Waals surface area contributed by atoms with Gasteiger partial charge in [-0.1, -0.05) is 127 Å². The lowest BCUT2D eigenvalue weighted by molar-refractivity contribution is 0.668. The van der Waals surface area contributed by atoms with E-state index >= 15 is 0 Å². The Balaban J connectivity index is 1.27. The highest BCUT2D eigenvalue weighted by molar-refractivity contribution is 6.08. The van der Waals surface area contributed by atoms with Gasteiger partial charge in [-0.15, -0.1) is 0 Å². The van der Waals surface area contributed by atoms with E-state index in [9.17, 15) is 0 Å². The van der Waals surface area contributed by atoms with Crippen molar-refractivity contribution < 1.29 is 11.3 Å². The molecule has 0 radical (unpaired) electrons. The van der Waals surface area contributed by atoms with Crippen molar-refractivity contribution >= 4 is 21.9 Å². The third-order valence-corrected chi connectivity index (χ3v) is 7.66. The van der Waals surface area contributed by atoms with Gasteiger partial charge in [0.2, 0.25) is 0 Å². The second-order valence-corrected chi connectivity index (χ2v) is 10.5. The first-order valence-electron chi connectivity index (χ1n) is 16.8. The Labute approximate surface area is 262 Å². The molecule has 6 aromatic carbocycles. The van der Waals surface area contributed by atoms with Gasteiger partial charge in [0.05, 0.1) is 6.85 Å². The predicted octanol–water partition coefficient (Wildman–Crippen LogP) is 10.0. The minimum atomic E-state index is -0.429. The van der Waals surface area contributed by atoms with Gasteiger partial charge in [0, 0.05) is 28.3 Å². The number of fused-ring (bicyclic) bond motifs is 3.